The molecule has 0 bridgehead atoms. The number of pyridine rings is 1. The molecule has 0 aliphatic heterocycles. The van der Waals surface area contributed by atoms with Crippen LogP contribution >= 0.6 is 15.9 Å². The third-order valence-corrected chi connectivity index (χ3v) is 5.02. The molecule has 1 atom stereocenters. The smallest absolute Gasteiger partial charge is 0.389 e. The van der Waals surface area contributed by atoms with Crippen LogP contribution in [0.5, 0.6) is 0 Å². The van der Waals surface area contributed by atoms with Gasteiger partial charge in [0.05, 0.1) is 11.6 Å². The maximum Gasteiger partial charge on any atom is 0.389 e. The summed E-state index contributed by atoms with van der Waals surface area (Å²) in [5.41, 5.74) is 1.43. The van der Waals surface area contributed by atoms with Crippen molar-refractivity contribution in [2.45, 2.75) is 25.1 Å². The van der Waals surface area contributed by atoms with Crippen LogP contribution in [0.3, 0.4) is 0 Å². The molecule has 0 fully saturated rings. The van der Waals surface area contributed by atoms with Crippen molar-refractivity contribution in [3.8, 4) is 0 Å². The van der Waals surface area contributed by atoms with Gasteiger partial charge in [-0.2, -0.15) is 18.3 Å². The van der Waals surface area contributed by atoms with Crippen LogP contribution in [0.2, 0.25) is 0 Å². The lowest BCUT2D eigenvalue weighted by Gasteiger charge is -2.20. The van der Waals surface area contributed by atoms with E-state index in [9.17, 15) is 23.1 Å². The number of nitrogens with zero attached hydrogens (tertiary/aromatic N) is 5. The van der Waals surface area contributed by atoms with Gasteiger partial charge in [0.25, 0.3) is 0 Å². The van der Waals surface area contributed by atoms with E-state index in [4.69, 9.17) is 4.42 Å². The van der Waals surface area contributed by atoms with Crippen LogP contribution < -0.4 is 0 Å². The van der Waals surface area contributed by atoms with Gasteiger partial charge in [0.1, 0.15) is 28.5 Å². The van der Waals surface area contributed by atoms with E-state index in [2.05, 4.69) is 31.0 Å². The number of hydrogen-bond acceptors (Lipinski definition) is 5. The number of oxazole rings is 1. The van der Waals surface area contributed by atoms with Crippen LogP contribution in [0.1, 0.15) is 35.1 Å². The molecule has 1 unspecified atom stereocenters. The van der Waals surface area contributed by atoms with E-state index in [-0.39, 0.29) is 23.3 Å². The summed E-state index contributed by atoms with van der Waals surface area (Å²) in [6, 6.07) is 0.739. The lowest BCUT2D eigenvalue weighted by Crippen LogP contribution is -2.17. The van der Waals surface area contributed by atoms with Gasteiger partial charge in [0, 0.05) is 24.1 Å². The van der Waals surface area contributed by atoms with Crippen LogP contribution in [0.25, 0.3) is 22.1 Å². The molecule has 0 saturated carbocycles. The fraction of sp³-hybridized carbons (Fsp3) is 0.294. The summed E-state index contributed by atoms with van der Waals surface area (Å²) < 4.78 is 47.5. The lowest BCUT2D eigenvalue weighted by atomic mass is 10.1. The van der Waals surface area contributed by atoms with Gasteiger partial charge in [-0.1, -0.05) is 0 Å². The average Bonchev–Trinajstić information content (AvgIpc) is 3.32. The Hall–Kier alpha value is -2.89. The lowest BCUT2D eigenvalue weighted by molar-refractivity contribution is -0.136. The molecule has 12 heteroatoms. The summed E-state index contributed by atoms with van der Waals surface area (Å²) in [6.45, 7) is 0. The second kappa shape index (κ2) is 6.87. The number of carbonyl (C=O) groups is 1. The van der Waals surface area contributed by atoms with E-state index in [0.717, 1.165) is 6.39 Å². The van der Waals surface area contributed by atoms with Crippen LogP contribution in [-0.2, 0) is 7.05 Å². The van der Waals surface area contributed by atoms with Crippen molar-refractivity contribution < 1.29 is 27.5 Å². The Kier molecular flexibility index (Phi) is 4.60. The monoisotopic (exact) mass is 471 g/mol. The highest BCUT2D eigenvalue weighted by Crippen LogP contribution is 2.38. The summed E-state index contributed by atoms with van der Waals surface area (Å²) in [6.07, 6.45) is -1.95. The Bertz CT molecular complexity index is 1210. The third kappa shape index (κ3) is 3.37. The number of fused-ring (bicyclic) bond motifs is 3. The van der Waals surface area contributed by atoms with Crippen molar-refractivity contribution in [1.82, 2.24) is 24.3 Å². The normalized spacial score (nSPS) is 13.4. The first-order chi connectivity index (χ1) is 13.7. The first-order valence-corrected chi connectivity index (χ1v) is 9.17. The van der Waals surface area contributed by atoms with Crippen molar-refractivity contribution >= 4 is 44.0 Å². The molecule has 0 radical (unpaired) electrons. The minimum absolute atomic E-state index is 0.177. The number of carboxylic acid groups (broad SMARTS) is 1. The van der Waals surface area contributed by atoms with Crippen molar-refractivity contribution in [2.75, 3.05) is 0 Å². The zero-order valence-electron chi connectivity index (χ0n) is 14.8. The van der Waals surface area contributed by atoms with Crippen molar-refractivity contribution in [3.05, 3.63) is 40.8 Å². The van der Waals surface area contributed by atoms with Gasteiger partial charge in [0.2, 0.25) is 0 Å². The number of hydrogen-bond donors (Lipinski definition) is 1. The second-order valence-electron chi connectivity index (χ2n) is 6.45. The highest BCUT2D eigenvalue weighted by Gasteiger charge is 2.33. The Morgan fingerprint density at radius 2 is 2.10 bits per heavy atom. The van der Waals surface area contributed by atoms with Crippen molar-refractivity contribution in [1.29, 1.82) is 0 Å². The van der Waals surface area contributed by atoms with Crippen LogP contribution in [0.15, 0.2) is 33.8 Å². The molecule has 0 aliphatic rings. The molecular formula is C17H13BrF3N5O3. The molecule has 0 saturated heterocycles. The Labute approximate surface area is 169 Å². The maximum absolute atomic E-state index is 13.0. The summed E-state index contributed by atoms with van der Waals surface area (Å²) in [7, 11) is 1.56. The molecule has 4 rings (SSSR count). The largest absolute Gasteiger partial charge is 0.476 e. The number of aromatic nitrogens is 5. The minimum atomic E-state index is -4.40. The molecule has 0 amide bonds. The molecule has 152 valence electrons. The van der Waals surface area contributed by atoms with E-state index < -0.39 is 24.6 Å². The predicted octanol–water partition coefficient (Wildman–Crippen LogP) is 4.30. The van der Waals surface area contributed by atoms with E-state index in [1.807, 2.05) is 0 Å². The van der Waals surface area contributed by atoms with Crippen LogP contribution in [0, 0.1) is 0 Å². The molecule has 29 heavy (non-hydrogen) atoms. The summed E-state index contributed by atoms with van der Waals surface area (Å²) in [5.74, 6) is -1.30. The van der Waals surface area contributed by atoms with Crippen LogP contribution in [-0.4, -0.2) is 41.6 Å². The Morgan fingerprint density at radius 1 is 1.34 bits per heavy atom. The third-order valence-electron chi connectivity index (χ3n) is 4.59. The Balaban J connectivity index is 2.07. The molecule has 4 heterocycles. The second-order valence-corrected chi connectivity index (χ2v) is 7.36. The Morgan fingerprint density at radius 3 is 2.72 bits per heavy atom. The first-order valence-electron chi connectivity index (χ1n) is 8.37. The number of aromatic carboxylic acids is 1. The first kappa shape index (κ1) is 19.4. The van der Waals surface area contributed by atoms with Crippen molar-refractivity contribution in [2.24, 2.45) is 7.05 Å². The van der Waals surface area contributed by atoms with Crippen LogP contribution in [0.4, 0.5) is 13.2 Å². The standard InChI is InChI=1S/C17H13BrF3N5O3/c1-25-14-12-11(4-8(18)5-22-12)26(15(14)13(24-25)16(27)28)10(2-3-17(19,20)21)9-6-29-7-23-9/h4-7,10H,2-3H2,1H3,(H,27,28). The quantitative estimate of drug-likeness (QED) is 0.465. The zero-order chi connectivity index (χ0) is 20.9. The van der Waals surface area contributed by atoms with Gasteiger partial charge < -0.3 is 14.1 Å². The highest BCUT2D eigenvalue weighted by molar-refractivity contribution is 9.10. The molecule has 4 aromatic rings. The fourth-order valence-corrected chi connectivity index (χ4v) is 3.80. The van der Waals surface area contributed by atoms with Gasteiger partial charge >= 0.3 is 12.1 Å². The maximum atomic E-state index is 13.0. The van der Waals surface area contributed by atoms with Gasteiger partial charge in [0.15, 0.2) is 12.1 Å². The van der Waals surface area contributed by atoms with Gasteiger partial charge in [-0.15, -0.1) is 0 Å². The molecule has 0 aromatic carbocycles. The highest BCUT2D eigenvalue weighted by atomic mass is 79.9. The predicted molar refractivity (Wildman–Crippen MR) is 98.6 cm³/mol. The molecule has 0 spiro atoms. The molecule has 0 aliphatic carbocycles. The SMILES string of the molecule is Cn1nc(C(=O)O)c2c1c1ncc(Br)cc1n2C(CCC(F)(F)F)c1cocn1. The van der Waals surface area contributed by atoms with Gasteiger partial charge in [-0.3, -0.25) is 9.67 Å². The van der Waals surface area contributed by atoms with Crippen molar-refractivity contribution in [3.63, 3.8) is 0 Å². The number of alkyl halides is 3. The number of aryl methyl sites for hydroxylation is 1. The van der Waals surface area contributed by atoms with E-state index in [0.29, 0.717) is 21.0 Å². The van der Waals surface area contributed by atoms with Gasteiger partial charge in [-0.25, -0.2) is 9.78 Å². The molecule has 4 aromatic heterocycles. The fourth-order valence-electron chi connectivity index (χ4n) is 3.49. The zero-order valence-corrected chi connectivity index (χ0v) is 16.4. The summed E-state index contributed by atoms with van der Waals surface area (Å²) in [4.78, 5) is 20.2. The van der Waals surface area contributed by atoms with E-state index in [1.54, 1.807) is 13.1 Å². The number of carboxylic acids is 1. The van der Waals surface area contributed by atoms with Gasteiger partial charge in [-0.05, 0) is 28.4 Å². The van der Waals surface area contributed by atoms with E-state index >= 15 is 0 Å². The summed E-state index contributed by atoms with van der Waals surface area (Å²) in [5, 5.41) is 13.7. The minimum Gasteiger partial charge on any atom is -0.476 e. The average molecular weight is 472 g/mol. The van der Waals surface area contributed by atoms with E-state index in [1.165, 1.54) is 21.7 Å². The number of halogens is 4. The molecule has 1 N–H and O–H groups in total. The summed E-state index contributed by atoms with van der Waals surface area (Å²) >= 11 is 3.32. The topological polar surface area (TPSA) is 99.0 Å². The number of rotatable bonds is 5. The molecule has 8 nitrogen and oxygen atoms in total. The molecular weight excluding hydrogens is 459 g/mol.